The van der Waals surface area contributed by atoms with Gasteiger partial charge in [-0.25, -0.2) is 4.39 Å². The summed E-state index contributed by atoms with van der Waals surface area (Å²) in [6.07, 6.45) is 4.46. The highest BCUT2D eigenvalue weighted by Gasteiger charge is 2.14. The molecule has 1 heterocycles. The van der Waals surface area contributed by atoms with Crippen LogP contribution in [0, 0.1) is 12.7 Å². The summed E-state index contributed by atoms with van der Waals surface area (Å²) in [5, 5.41) is 3.29. The van der Waals surface area contributed by atoms with Crippen molar-refractivity contribution in [3.8, 4) is 0 Å². The number of nitrogens with zero attached hydrogens (tertiary/aromatic N) is 1. The van der Waals surface area contributed by atoms with E-state index in [0.717, 1.165) is 16.5 Å². The van der Waals surface area contributed by atoms with Crippen molar-refractivity contribution in [2.75, 3.05) is 7.05 Å². The van der Waals surface area contributed by atoms with E-state index in [9.17, 15) is 4.39 Å². The Labute approximate surface area is 121 Å². The Bertz CT molecular complexity index is 572. The third-order valence-corrected chi connectivity index (χ3v) is 3.98. The van der Waals surface area contributed by atoms with E-state index in [2.05, 4.69) is 33.2 Å². The fourth-order valence-electron chi connectivity index (χ4n) is 2.12. The lowest BCUT2D eigenvalue weighted by Gasteiger charge is -2.19. The molecule has 2 rings (SSSR count). The lowest BCUT2D eigenvalue weighted by Crippen LogP contribution is -2.20. The topological polar surface area (TPSA) is 24.9 Å². The molecule has 0 radical (unpaired) electrons. The Hall–Kier alpha value is -1.26. The molecule has 2 nitrogen and oxygen atoms in total. The Balaban J connectivity index is 2.27. The molecule has 0 saturated carbocycles. The van der Waals surface area contributed by atoms with Gasteiger partial charge in [-0.3, -0.25) is 4.98 Å². The van der Waals surface area contributed by atoms with E-state index < -0.39 is 0 Å². The number of aromatic nitrogens is 1. The number of rotatable bonds is 4. The van der Waals surface area contributed by atoms with E-state index in [-0.39, 0.29) is 11.9 Å². The van der Waals surface area contributed by atoms with Crippen LogP contribution >= 0.6 is 15.9 Å². The molecule has 0 aliphatic heterocycles. The summed E-state index contributed by atoms with van der Waals surface area (Å²) >= 11 is 3.41. The van der Waals surface area contributed by atoms with E-state index >= 15 is 0 Å². The van der Waals surface area contributed by atoms with Crippen LogP contribution in [-0.2, 0) is 6.42 Å². The summed E-state index contributed by atoms with van der Waals surface area (Å²) in [6.45, 7) is 2.07. The smallest absolute Gasteiger partial charge is 0.124 e. The summed E-state index contributed by atoms with van der Waals surface area (Å²) in [5.41, 5.74) is 3.44. The predicted molar refractivity (Wildman–Crippen MR) is 78.6 cm³/mol. The van der Waals surface area contributed by atoms with Crippen molar-refractivity contribution in [3.05, 3.63) is 63.6 Å². The van der Waals surface area contributed by atoms with Crippen molar-refractivity contribution >= 4 is 15.9 Å². The molecular formula is C15H16BrFN2. The molecule has 1 atom stereocenters. The average Bonchev–Trinajstić information content (AvgIpc) is 2.39. The fraction of sp³-hybridized carbons (Fsp3) is 0.267. The largest absolute Gasteiger partial charge is 0.313 e. The van der Waals surface area contributed by atoms with Gasteiger partial charge in [-0.1, -0.05) is 22.0 Å². The van der Waals surface area contributed by atoms with Crippen LogP contribution in [0.5, 0.6) is 0 Å². The van der Waals surface area contributed by atoms with E-state index in [1.54, 1.807) is 6.20 Å². The second-order valence-corrected chi connectivity index (χ2v) is 5.37. The normalized spacial score (nSPS) is 12.4. The Morgan fingerprint density at radius 2 is 2.16 bits per heavy atom. The summed E-state index contributed by atoms with van der Waals surface area (Å²) in [4.78, 5) is 4.18. The second kappa shape index (κ2) is 6.26. The molecular weight excluding hydrogens is 307 g/mol. The van der Waals surface area contributed by atoms with Gasteiger partial charge < -0.3 is 5.32 Å². The second-order valence-electron chi connectivity index (χ2n) is 4.51. The van der Waals surface area contributed by atoms with Crippen LogP contribution in [0.2, 0.25) is 0 Å². The van der Waals surface area contributed by atoms with Gasteiger partial charge in [0, 0.05) is 22.9 Å². The van der Waals surface area contributed by atoms with Crippen LogP contribution in [0.3, 0.4) is 0 Å². The van der Waals surface area contributed by atoms with E-state index in [4.69, 9.17) is 0 Å². The predicted octanol–water partition coefficient (Wildman–Crippen LogP) is 3.79. The first kappa shape index (κ1) is 14.2. The van der Waals surface area contributed by atoms with Crippen LogP contribution in [0.25, 0.3) is 0 Å². The maximum Gasteiger partial charge on any atom is 0.124 e. The molecule has 19 heavy (non-hydrogen) atoms. The van der Waals surface area contributed by atoms with E-state index in [1.165, 1.54) is 23.3 Å². The zero-order chi connectivity index (χ0) is 13.8. The first-order chi connectivity index (χ1) is 9.11. The van der Waals surface area contributed by atoms with Crippen molar-refractivity contribution in [1.82, 2.24) is 10.3 Å². The highest BCUT2D eigenvalue weighted by Crippen LogP contribution is 2.25. The number of aryl methyl sites for hydroxylation is 1. The van der Waals surface area contributed by atoms with Crippen molar-refractivity contribution in [2.45, 2.75) is 19.4 Å². The molecule has 0 amide bonds. The minimum Gasteiger partial charge on any atom is -0.313 e. The van der Waals surface area contributed by atoms with Crippen LogP contribution in [0.4, 0.5) is 4.39 Å². The van der Waals surface area contributed by atoms with Crippen LogP contribution in [0.1, 0.15) is 22.7 Å². The maximum atomic E-state index is 13.1. The van der Waals surface area contributed by atoms with E-state index in [1.807, 2.05) is 25.4 Å². The Kier molecular flexibility index (Phi) is 4.66. The van der Waals surface area contributed by atoms with Gasteiger partial charge >= 0.3 is 0 Å². The Morgan fingerprint density at radius 3 is 2.79 bits per heavy atom. The van der Waals surface area contributed by atoms with Crippen molar-refractivity contribution in [1.29, 1.82) is 0 Å². The fourth-order valence-corrected chi connectivity index (χ4v) is 2.63. The van der Waals surface area contributed by atoms with Gasteiger partial charge in [-0.2, -0.15) is 0 Å². The monoisotopic (exact) mass is 322 g/mol. The zero-order valence-electron chi connectivity index (χ0n) is 11.0. The van der Waals surface area contributed by atoms with Gasteiger partial charge in [0.25, 0.3) is 0 Å². The molecule has 4 heteroatoms. The molecule has 0 fully saturated rings. The summed E-state index contributed by atoms with van der Waals surface area (Å²) < 4.78 is 13.9. The first-order valence-corrected chi connectivity index (χ1v) is 6.93. The van der Waals surface area contributed by atoms with Crippen molar-refractivity contribution < 1.29 is 4.39 Å². The van der Waals surface area contributed by atoms with Crippen molar-refractivity contribution in [3.63, 3.8) is 0 Å². The van der Waals surface area contributed by atoms with Crippen LogP contribution < -0.4 is 5.32 Å². The molecule has 0 spiro atoms. The lowest BCUT2D eigenvalue weighted by molar-refractivity contribution is 0.582. The van der Waals surface area contributed by atoms with E-state index in [0.29, 0.717) is 0 Å². The zero-order valence-corrected chi connectivity index (χ0v) is 12.5. The maximum absolute atomic E-state index is 13.1. The molecule has 0 saturated heterocycles. The molecule has 100 valence electrons. The van der Waals surface area contributed by atoms with Gasteiger partial charge in [-0.05, 0) is 55.3 Å². The summed E-state index contributed by atoms with van der Waals surface area (Å²) in [6, 6.07) is 6.96. The number of benzene rings is 1. The number of pyridine rings is 1. The summed E-state index contributed by atoms with van der Waals surface area (Å²) in [7, 11) is 1.93. The summed E-state index contributed by atoms with van der Waals surface area (Å²) in [5.74, 6) is -0.228. The number of hydrogen-bond acceptors (Lipinski definition) is 2. The van der Waals surface area contributed by atoms with Crippen LogP contribution in [-0.4, -0.2) is 12.0 Å². The minimum atomic E-state index is -0.228. The van der Waals surface area contributed by atoms with Gasteiger partial charge in [-0.15, -0.1) is 0 Å². The molecule has 1 N–H and O–H groups in total. The molecule has 1 aromatic heterocycles. The lowest BCUT2D eigenvalue weighted by atomic mass is 9.97. The number of hydrogen-bond donors (Lipinski definition) is 1. The molecule has 1 aromatic carbocycles. The quantitative estimate of drug-likeness (QED) is 0.926. The van der Waals surface area contributed by atoms with Gasteiger partial charge in [0.15, 0.2) is 0 Å². The van der Waals surface area contributed by atoms with Crippen LogP contribution in [0.15, 0.2) is 41.1 Å². The molecule has 0 aliphatic rings. The molecule has 2 aromatic rings. The van der Waals surface area contributed by atoms with Crippen molar-refractivity contribution in [2.24, 2.45) is 0 Å². The molecule has 0 aliphatic carbocycles. The van der Waals surface area contributed by atoms with Gasteiger partial charge in [0.2, 0.25) is 0 Å². The highest BCUT2D eigenvalue weighted by atomic mass is 79.9. The third-order valence-electron chi connectivity index (χ3n) is 3.24. The number of halogens is 2. The standard InChI is InChI=1S/C15H16BrFN2/c1-10-5-6-19-9-13(10)15(18-2)7-11-3-4-12(17)8-14(11)16/h3-6,8-9,15,18H,7H2,1-2H3. The SMILES string of the molecule is CNC(Cc1ccc(F)cc1Br)c1cnccc1C. The van der Waals surface area contributed by atoms with Gasteiger partial charge in [0.05, 0.1) is 0 Å². The number of nitrogens with one attached hydrogen (secondary N) is 1. The number of likely N-dealkylation sites (N-methyl/N-ethyl adjacent to an activating group) is 1. The highest BCUT2D eigenvalue weighted by molar-refractivity contribution is 9.10. The molecule has 0 bridgehead atoms. The molecule has 1 unspecified atom stereocenters. The Morgan fingerprint density at radius 1 is 1.37 bits per heavy atom. The van der Waals surface area contributed by atoms with Gasteiger partial charge in [0.1, 0.15) is 5.82 Å². The minimum absolute atomic E-state index is 0.162. The third kappa shape index (κ3) is 3.39. The first-order valence-electron chi connectivity index (χ1n) is 6.13. The average molecular weight is 323 g/mol.